The summed E-state index contributed by atoms with van der Waals surface area (Å²) in [7, 11) is -3.43. The van der Waals surface area contributed by atoms with Crippen LogP contribution in [0.5, 0.6) is 0 Å². The molecule has 1 aliphatic rings. The van der Waals surface area contributed by atoms with Crippen LogP contribution in [-0.2, 0) is 19.4 Å². The first-order valence-corrected chi connectivity index (χ1v) is 12.9. The Labute approximate surface area is 209 Å². The molecule has 0 spiro atoms. The number of amides is 1. The first-order chi connectivity index (χ1) is 17.2. The number of nitrogens with one attached hydrogen (secondary N) is 2. The van der Waals surface area contributed by atoms with Crippen LogP contribution in [0.15, 0.2) is 87.8 Å². The molecule has 1 amide bonds. The molecule has 10 nitrogen and oxygen atoms in total. The molecule has 0 aliphatic carbocycles. The van der Waals surface area contributed by atoms with Gasteiger partial charge in [0, 0.05) is 23.6 Å². The molecule has 11 heteroatoms. The number of hydrogen-bond donors (Lipinski definition) is 3. The van der Waals surface area contributed by atoms with Crippen molar-refractivity contribution in [3.63, 3.8) is 0 Å². The molecule has 0 bridgehead atoms. The van der Waals surface area contributed by atoms with Crippen LogP contribution >= 0.6 is 0 Å². The van der Waals surface area contributed by atoms with Gasteiger partial charge in [0.1, 0.15) is 5.69 Å². The van der Waals surface area contributed by atoms with Crippen LogP contribution in [0.25, 0.3) is 0 Å². The summed E-state index contributed by atoms with van der Waals surface area (Å²) in [5, 5.41) is 10.8. The number of hydrogen-bond acceptors (Lipinski definition) is 8. The van der Waals surface area contributed by atoms with Crippen molar-refractivity contribution in [1.29, 1.82) is 5.41 Å². The summed E-state index contributed by atoms with van der Waals surface area (Å²) in [5.41, 5.74) is 8.53. The number of pyridine rings is 1. The minimum absolute atomic E-state index is 0.00293. The Morgan fingerprint density at radius 1 is 1.06 bits per heavy atom. The molecule has 2 aromatic carbocycles. The lowest BCUT2D eigenvalue weighted by atomic mass is 10.0. The second kappa shape index (κ2) is 11.4. The summed E-state index contributed by atoms with van der Waals surface area (Å²) in [6, 6.07) is 18.7. The fraction of sp³-hybridized carbons (Fsp3) is 0.160. The number of nitrogens with two attached hydrogens (primary N) is 1. The number of anilines is 1. The maximum Gasteiger partial charge on any atom is 0.291 e. The molecule has 4 N–H and O–H groups in total. The highest BCUT2D eigenvalue weighted by Gasteiger charge is 2.26. The van der Waals surface area contributed by atoms with Crippen molar-refractivity contribution < 1.29 is 17.9 Å². The van der Waals surface area contributed by atoms with Crippen molar-refractivity contribution in [2.75, 3.05) is 11.6 Å². The van der Waals surface area contributed by atoms with Gasteiger partial charge < -0.3 is 15.8 Å². The molecule has 0 saturated carbocycles. The molecule has 36 heavy (non-hydrogen) atoms. The van der Waals surface area contributed by atoms with E-state index in [9.17, 15) is 13.2 Å². The van der Waals surface area contributed by atoms with Crippen molar-refractivity contribution in [1.82, 2.24) is 4.98 Å². The molecule has 1 aromatic heterocycles. The largest absolute Gasteiger partial charge is 0.405 e. The van der Waals surface area contributed by atoms with Crippen LogP contribution in [0, 0.1) is 5.41 Å². The monoisotopic (exact) mass is 506 g/mol. The smallest absolute Gasteiger partial charge is 0.291 e. The van der Waals surface area contributed by atoms with Gasteiger partial charge in [-0.1, -0.05) is 62.4 Å². The minimum atomic E-state index is -3.43. The topological polar surface area (TPSA) is 160 Å². The van der Waals surface area contributed by atoms with Gasteiger partial charge in [-0.3, -0.25) is 10.2 Å². The summed E-state index contributed by atoms with van der Waals surface area (Å²) >= 11 is 0. The minimum Gasteiger partial charge on any atom is -0.405 e. The quantitative estimate of drug-likeness (QED) is 0.364. The van der Waals surface area contributed by atoms with Gasteiger partial charge in [-0.2, -0.15) is 4.99 Å². The van der Waals surface area contributed by atoms with Crippen LogP contribution in [0.1, 0.15) is 30.7 Å². The lowest BCUT2D eigenvalue weighted by Crippen LogP contribution is -2.29. The van der Waals surface area contributed by atoms with E-state index in [0.717, 1.165) is 23.6 Å². The van der Waals surface area contributed by atoms with E-state index in [2.05, 4.69) is 20.3 Å². The van der Waals surface area contributed by atoms with Gasteiger partial charge in [-0.25, -0.2) is 18.4 Å². The standard InChI is InChI=1S/C23H20N6O4S.C2H6/c1-34(31,32)15-11-12-18(26-13-15)20(24)33-23(25)29-21-22(30)27-17-10-6-5-9-16(17)19(28-21)14-7-3-2-4-8-14;1-2/h2-13,21,24H,1H3,(H2,25,29)(H,27,30);1-2H3. The van der Waals surface area contributed by atoms with E-state index in [1.54, 1.807) is 12.1 Å². The van der Waals surface area contributed by atoms with Crippen molar-refractivity contribution in [3.8, 4) is 0 Å². The average Bonchev–Trinajstić information content (AvgIpc) is 3.01. The zero-order valence-corrected chi connectivity index (χ0v) is 20.8. The number of carbonyl (C=O) groups is 1. The number of rotatable bonds is 4. The molecule has 3 aromatic rings. The van der Waals surface area contributed by atoms with Gasteiger partial charge in [0.05, 0.1) is 16.3 Å². The Balaban J connectivity index is 0.00000176. The number of carbonyl (C=O) groups excluding carboxylic acids is 1. The van der Waals surface area contributed by atoms with E-state index >= 15 is 0 Å². The Bertz CT molecular complexity index is 1420. The average molecular weight is 507 g/mol. The first-order valence-electron chi connectivity index (χ1n) is 11.0. The molecule has 186 valence electrons. The van der Waals surface area contributed by atoms with Crippen molar-refractivity contribution in [2.45, 2.75) is 24.9 Å². The van der Waals surface area contributed by atoms with Gasteiger partial charge in [0.25, 0.3) is 11.9 Å². The molecule has 1 unspecified atom stereocenters. The van der Waals surface area contributed by atoms with Gasteiger partial charge in [-0.15, -0.1) is 0 Å². The number of aromatic nitrogens is 1. The fourth-order valence-electron chi connectivity index (χ4n) is 3.20. The SMILES string of the molecule is CC.CS(=O)(=O)c1ccc(C(=N)O/C(N)=N/C2N=C(c3ccccc3)c3ccccc3NC2=O)nc1. The van der Waals surface area contributed by atoms with Crippen LogP contribution in [0.4, 0.5) is 5.69 Å². The Morgan fingerprint density at radius 2 is 1.72 bits per heavy atom. The van der Waals surface area contributed by atoms with Crippen LogP contribution in [0.3, 0.4) is 0 Å². The van der Waals surface area contributed by atoms with Gasteiger partial charge in [0.2, 0.25) is 12.1 Å². The second-order valence-corrected chi connectivity index (χ2v) is 9.32. The molecular weight excluding hydrogens is 480 g/mol. The van der Waals surface area contributed by atoms with Crippen LogP contribution < -0.4 is 11.1 Å². The Kier molecular flexibility index (Phi) is 8.28. The lowest BCUT2D eigenvalue weighted by molar-refractivity contribution is -0.117. The number of benzene rings is 2. The number of amidine groups is 1. The van der Waals surface area contributed by atoms with E-state index in [4.69, 9.17) is 15.9 Å². The lowest BCUT2D eigenvalue weighted by Gasteiger charge is -2.10. The number of sulfone groups is 1. The Hall–Kier alpha value is -4.38. The number of aliphatic imine (C=N–C) groups is 2. The highest BCUT2D eigenvalue weighted by Crippen LogP contribution is 2.24. The molecular formula is C25H26N6O4S. The molecule has 0 saturated heterocycles. The predicted octanol–water partition coefficient (Wildman–Crippen LogP) is 2.98. The molecule has 2 heterocycles. The van der Waals surface area contributed by atoms with Crippen molar-refractivity contribution >= 4 is 39.1 Å². The number of para-hydroxylation sites is 1. The molecule has 1 aliphatic heterocycles. The molecule has 0 radical (unpaired) electrons. The van der Waals surface area contributed by atoms with Crippen molar-refractivity contribution in [2.24, 2.45) is 15.7 Å². The summed E-state index contributed by atoms with van der Waals surface area (Å²) < 4.78 is 28.4. The summed E-state index contributed by atoms with van der Waals surface area (Å²) in [4.78, 5) is 25.3. The van der Waals surface area contributed by atoms with Gasteiger partial charge in [0.15, 0.2) is 9.84 Å². The second-order valence-electron chi connectivity index (χ2n) is 7.30. The third-order valence-electron chi connectivity index (χ3n) is 4.83. The summed E-state index contributed by atoms with van der Waals surface area (Å²) in [6.45, 7) is 4.00. The third-order valence-corrected chi connectivity index (χ3v) is 5.92. The van der Waals surface area contributed by atoms with Gasteiger partial charge >= 0.3 is 0 Å². The first kappa shape index (κ1) is 26.2. The summed E-state index contributed by atoms with van der Waals surface area (Å²) in [6.07, 6.45) is 0.898. The number of ether oxygens (including phenoxy) is 1. The normalized spacial score (nSPS) is 15.3. The van der Waals surface area contributed by atoms with Crippen molar-refractivity contribution in [3.05, 3.63) is 89.7 Å². The van der Waals surface area contributed by atoms with E-state index in [-0.39, 0.29) is 10.6 Å². The zero-order chi connectivity index (χ0) is 26.3. The summed E-state index contributed by atoms with van der Waals surface area (Å²) in [5.74, 6) is -0.988. The maximum absolute atomic E-state index is 12.8. The molecule has 4 rings (SSSR count). The fourth-order valence-corrected chi connectivity index (χ4v) is 3.76. The van der Waals surface area contributed by atoms with E-state index < -0.39 is 33.8 Å². The number of nitrogens with zero attached hydrogens (tertiary/aromatic N) is 3. The van der Waals surface area contributed by atoms with Gasteiger partial charge in [-0.05, 0) is 18.2 Å². The number of fused-ring (bicyclic) bond motifs is 1. The molecule has 0 fully saturated rings. The molecule has 1 atom stereocenters. The zero-order valence-electron chi connectivity index (χ0n) is 20.0. The highest BCUT2D eigenvalue weighted by atomic mass is 32.2. The van der Waals surface area contributed by atoms with Crippen LogP contribution in [-0.4, -0.2) is 49.4 Å². The number of benzodiazepines with no additional fused rings is 1. The maximum atomic E-state index is 12.8. The van der Waals surface area contributed by atoms with Crippen LogP contribution in [0.2, 0.25) is 0 Å². The van der Waals surface area contributed by atoms with E-state index in [1.165, 1.54) is 12.1 Å². The highest BCUT2D eigenvalue weighted by molar-refractivity contribution is 7.90. The van der Waals surface area contributed by atoms with E-state index in [0.29, 0.717) is 11.4 Å². The third kappa shape index (κ3) is 6.19. The predicted molar refractivity (Wildman–Crippen MR) is 139 cm³/mol. The van der Waals surface area contributed by atoms with E-state index in [1.807, 2.05) is 56.3 Å². The Morgan fingerprint density at radius 3 is 2.36 bits per heavy atom.